The van der Waals surface area contributed by atoms with Crippen LogP contribution in [0.25, 0.3) is 11.5 Å². The van der Waals surface area contributed by atoms with Crippen LogP contribution < -0.4 is 10.1 Å². The highest BCUT2D eigenvalue weighted by Gasteiger charge is 2.17. The molecule has 0 aliphatic carbocycles. The maximum absolute atomic E-state index is 12.3. The molecule has 0 aliphatic rings. The Balaban J connectivity index is 1.65. The fourth-order valence-electron chi connectivity index (χ4n) is 2.07. The average Bonchev–Trinajstić information content (AvgIpc) is 3.13. The van der Waals surface area contributed by atoms with E-state index in [4.69, 9.17) is 32.4 Å². The topological polar surface area (TPSA) is 77.2 Å². The molecule has 1 N–H and O–H groups in total. The summed E-state index contributed by atoms with van der Waals surface area (Å²) in [6.07, 6.45) is 0.507. The van der Waals surface area contributed by atoms with Crippen molar-refractivity contribution in [2.75, 3.05) is 5.32 Å². The van der Waals surface area contributed by atoms with Gasteiger partial charge in [-0.3, -0.25) is 4.79 Å². The van der Waals surface area contributed by atoms with Crippen molar-refractivity contribution in [2.24, 2.45) is 0 Å². The predicted molar refractivity (Wildman–Crippen MR) is 94.9 cm³/mol. The van der Waals surface area contributed by atoms with Crippen LogP contribution in [0.3, 0.4) is 0 Å². The number of rotatable bonds is 5. The van der Waals surface area contributed by atoms with Crippen LogP contribution in [0.4, 0.5) is 5.69 Å². The van der Waals surface area contributed by atoms with Gasteiger partial charge in [0.25, 0.3) is 5.91 Å². The number of carbonyl (C=O) groups excluding carboxylic acids is 1. The molecule has 128 valence electrons. The van der Waals surface area contributed by atoms with E-state index in [1.165, 1.54) is 6.39 Å². The molecule has 0 aliphatic heterocycles. The minimum atomic E-state index is -0.749. The molecule has 1 amide bonds. The maximum atomic E-state index is 12.3. The van der Waals surface area contributed by atoms with Crippen molar-refractivity contribution in [3.63, 3.8) is 0 Å². The van der Waals surface area contributed by atoms with Crippen molar-refractivity contribution in [3.8, 4) is 17.2 Å². The number of ether oxygens (including phenoxy) is 1. The summed E-state index contributed by atoms with van der Waals surface area (Å²) >= 11 is 12.1. The first-order valence-electron chi connectivity index (χ1n) is 7.32. The van der Waals surface area contributed by atoms with Gasteiger partial charge in [0.05, 0.1) is 15.7 Å². The molecule has 1 heterocycles. The number of nitrogens with one attached hydrogen (secondary N) is 1. The number of hydrogen-bond acceptors (Lipinski definition) is 5. The second-order valence-corrected chi connectivity index (χ2v) is 5.93. The second kappa shape index (κ2) is 7.55. The van der Waals surface area contributed by atoms with Crippen LogP contribution in [0.1, 0.15) is 6.92 Å². The van der Waals surface area contributed by atoms with Gasteiger partial charge in [0.15, 0.2) is 6.10 Å². The summed E-state index contributed by atoms with van der Waals surface area (Å²) in [4.78, 5) is 12.3. The van der Waals surface area contributed by atoms with Gasteiger partial charge >= 0.3 is 0 Å². The third-order valence-electron chi connectivity index (χ3n) is 3.35. The van der Waals surface area contributed by atoms with Crippen molar-refractivity contribution in [1.82, 2.24) is 10.2 Å². The van der Waals surface area contributed by atoms with E-state index < -0.39 is 6.10 Å². The highest BCUT2D eigenvalue weighted by molar-refractivity contribution is 6.39. The monoisotopic (exact) mass is 377 g/mol. The fraction of sp³-hybridized carbons (Fsp3) is 0.118. The van der Waals surface area contributed by atoms with E-state index in [2.05, 4.69) is 15.5 Å². The van der Waals surface area contributed by atoms with E-state index in [0.29, 0.717) is 27.4 Å². The zero-order valence-electron chi connectivity index (χ0n) is 13.1. The highest BCUT2D eigenvalue weighted by Crippen LogP contribution is 2.30. The van der Waals surface area contributed by atoms with Crippen molar-refractivity contribution >= 4 is 34.8 Å². The Labute approximate surface area is 153 Å². The lowest BCUT2D eigenvalue weighted by atomic mass is 10.2. The van der Waals surface area contributed by atoms with Gasteiger partial charge < -0.3 is 14.5 Å². The summed E-state index contributed by atoms with van der Waals surface area (Å²) in [5.41, 5.74) is 1.11. The number of anilines is 1. The summed E-state index contributed by atoms with van der Waals surface area (Å²) in [6.45, 7) is 1.63. The van der Waals surface area contributed by atoms with Gasteiger partial charge in [-0.25, -0.2) is 0 Å². The number of para-hydroxylation sites is 1. The third kappa shape index (κ3) is 4.10. The number of amides is 1. The normalized spacial score (nSPS) is 11.8. The summed E-state index contributed by atoms with van der Waals surface area (Å²) in [5, 5.41) is 10.8. The lowest BCUT2D eigenvalue weighted by Gasteiger charge is -2.16. The molecule has 0 saturated carbocycles. The predicted octanol–water partition coefficient (Wildman–Crippen LogP) is 4.45. The number of hydrogen-bond donors (Lipinski definition) is 1. The Hall–Kier alpha value is -2.57. The smallest absolute Gasteiger partial charge is 0.265 e. The van der Waals surface area contributed by atoms with E-state index in [9.17, 15) is 4.79 Å². The highest BCUT2D eigenvalue weighted by atomic mass is 35.5. The lowest BCUT2D eigenvalue weighted by Crippen LogP contribution is -2.30. The Morgan fingerprint density at radius 2 is 1.84 bits per heavy atom. The minimum absolute atomic E-state index is 0.358. The molecule has 8 heteroatoms. The first kappa shape index (κ1) is 17.3. The largest absolute Gasteiger partial charge is 0.481 e. The van der Waals surface area contributed by atoms with E-state index in [-0.39, 0.29) is 5.91 Å². The van der Waals surface area contributed by atoms with Gasteiger partial charge in [0.1, 0.15) is 5.75 Å². The van der Waals surface area contributed by atoms with E-state index in [1.807, 2.05) is 0 Å². The molecule has 1 aromatic heterocycles. The van der Waals surface area contributed by atoms with Gasteiger partial charge in [-0.1, -0.05) is 29.3 Å². The average molecular weight is 378 g/mol. The third-order valence-corrected chi connectivity index (χ3v) is 3.98. The molecule has 0 saturated heterocycles. The van der Waals surface area contributed by atoms with Crippen LogP contribution in [0, 0.1) is 0 Å². The molecule has 2 aromatic carbocycles. The number of carbonyl (C=O) groups is 1. The molecule has 0 fully saturated rings. The van der Waals surface area contributed by atoms with Crippen molar-refractivity contribution in [2.45, 2.75) is 13.0 Å². The van der Waals surface area contributed by atoms with E-state index in [1.54, 1.807) is 49.4 Å². The quantitative estimate of drug-likeness (QED) is 0.710. The minimum Gasteiger partial charge on any atom is -0.481 e. The Kier molecular flexibility index (Phi) is 5.21. The first-order valence-corrected chi connectivity index (χ1v) is 8.08. The molecule has 3 rings (SSSR count). The molecule has 0 bridgehead atoms. The van der Waals surface area contributed by atoms with Crippen molar-refractivity contribution in [3.05, 3.63) is 58.9 Å². The molecule has 0 radical (unpaired) electrons. The molecule has 3 aromatic rings. The summed E-state index contributed by atoms with van der Waals surface area (Å²) < 4.78 is 10.8. The van der Waals surface area contributed by atoms with Gasteiger partial charge in [-0.05, 0) is 43.3 Å². The van der Waals surface area contributed by atoms with Crippen LogP contribution in [-0.4, -0.2) is 22.2 Å². The van der Waals surface area contributed by atoms with Gasteiger partial charge in [0, 0.05) is 5.56 Å². The standard InChI is InChI=1S/C17H13Cl2N3O3/c1-10(16(23)21-15-13(18)3-2-4-14(15)19)25-12-7-5-11(6-8-12)17-22-20-9-24-17/h2-10H,1H3,(H,21,23)/t10-/m1/s1. The molecule has 0 spiro atoms. The van der Waals surface area contributed by atoms with Gasteiger partial charge in [-0.2, -0.15) is 0 Å². The van der Waals surface area contributed by atoms with Crippen molar-refractivity contribution < 1.29 is 13.9 Å². The zero-order valence-corrected chi connectivity index (χ0v) is 14.6. The summed E-state index contributed by atoms with van der Waals surface area (Å²) in [6, 6.07) is 11.9. The molecular formula is C17H13Cl2N3O3. The molecule has 25 heavy (non-hydrogen) atoms. The second-order valence-electron chi connectivity index (χ2n) is 5.11. The Bertz CT molecular complexity index is 847. The molecule has 1 atom stereocenters. The van der Waals surface area contributed by atoms with Crippen LogP contribution in [0.2, 0.25) is 10.0 Å². The van der Waals surface area contributed by atoms with Crippen LogP contribution in [-0.2, 0) is 4.79 Å². The fourth-order valence-corrected chi connectivity index (χ4v) is 2.57. The zero-order chi connectivity index (χ0) is 17.8. The Morgan fingerprint density at radius 1 is 1.16 bits per heavy atom. The van der Waals surface area contributed by atoms with E-state index >= 15 is 0 Å². The SMILES string of the molecule is C[C@@H](Oc1ccc(-c2nnco2)cc1)C(=O)Nc1c(Cl)cccc1Cl. The van der Waals surface area contributed by atoms with Gasteiger partial charge in [-0.15, -0.1) is 10.2 Å². The van der Waals surface area contributed by atoms with Crippen LogP contribution in [0.15, 0.2) is 53.3 Å². The molecule has 6 nitrogen and oxygen atoms in total. The Morgan fingerprint density at radius 3 is 2.44 bits per heavy atom. The summed E-state index contributed by atoms with van der Waals surface area (Å²) in [7, 11) is 0. The number of aromatic nitrogens is 2. The number of nitrogens with zero attached hydrogens (tertiary/aromatic N) is 2. The number of benzene rings is 2. The summed E-state index contributed by atoms with van der Waals surface area (Å²) in [5.74, 6) is 0.567. The first-order chi connectivity index (χ1) is 12.0. The molecular weight excluding hydrogens is 365 g/mol. The van der Waals surface area contributed by atoms with Gasteiger partial charge in [0.2, 0.25) is 12.3 Å². The van der Waals surface area contributed by atoms with E-state index in [0.717, 1.165) is 5.56 Å². The van der Waals surface area contributed by atoms with Crippen LogP contribution in [0.5, 0.6) is 5.75 Å². The van der Waals surface area contributed by atoms with Crippen molar-refractivity contribution in [1.29, 1.82) is 0 Å². The lowest BCUT2D eigenvalue weighted by molar-refractivity contribution is -0.122. The maximum Gasteiger partial charge on any atom is 0.265 e. The number of halogens is 2. The van der Waals surface area contributed by atoms with Crippen LogP contribution >= 0.6 is 23.2 Å². The molecule has 0 unspecified atom stereocenters.